The summed E-state index contributed by atoms with van der Waals surface area (Å²) in [7, 11) is 0. The van der Waals surface area contributed by atoms with Gasteiger partial charge in [0.05, 0.1) is 0 Å². The molecule has 2 rings (SSSR count). The molecule has 5 nitrogen and oxygen atoms in total. The first-order valence-corrected chi connectivity index (χ1v) is 7.85. The molecule has 2 amide bonds. The molecule has 0 radical (unpaired) electrons. The number of hydrogen-bond acceptors (Lipinski definition) is 3. The lowest BCUT2D eigenvalue weighted by Gasteiger charge is -2.31. The number of hydrogen-bond donors (Lipinski definition) is 3. The third kappa shape index (κ3) is 5.52. The summed E-state index contributed by atoms with van der Waals surface area (Å²) in [6.45, 7) is 8.07. The first-order chi connectivity index (χ1) is 10.5. The maximum Gasteiger partial charge on any atom is 0.226 e. The molecule has 1 aromatic carbocycles. The molecule has 1 saturated heterocycles. The largest absolute Gasteiger partial charge is 0.352 e. The van der Waals surface area contributed by atoms with E-state index in [1.165, 1.54) is 0 Å². The zero-order valence-corrected chi connectivity index (χ0v) is 14.7. The highest BCUT2D eigenvalue weighted by Gasteiger charge is 2.28. The quantitative estimate of drug-likeness (QED) is 0.744. The van der Waals surface area contributed by atoms with Gasteiger partial charge in [-0.1, -0.05) is 32.9 Å². The highest BCUT2D eigenvalue weighted by molar-refractivity contribution is 5.92. The standard InChI is InChI=1S/C17H25N3O2.ClH/c1-11(2)16(21)20-15-6-4-13(5-7-15)8-19-17(22)12(3)14-9-18-10-14;/h4-7,11-12,14,18H,8-10H2,1-3H3,(H,19,22)(H,20,21);1H. The van der Waals surface area contributed by atoms with Gasteiger partial charge in [0.1, 0.15) is 0 Å². The average molecular weight is 340 g/mol. The van der Waals surface area contributed by atoms with E-state index in [2.05, 4.69) is 16.0 Å². The zero-order valence-electron chi connectivity index (χ0n) is 13.9. The van der Waals surface area contributed by atoms with Crippen LogP contribution in [0, 0.1) is 17.8 Å². The second-order valence-corrected chi connectivity index (χ2v) is 6.27. The van der Waals surface area contributed by atoms with E-state index in [-0.39, 0.29) is 36.1 Å². The Morgan fingerprint density at radius 2 is 1.74 bits per heavy atom. The fraction of sp³-hybridized carbons (Fsp3) is 0.529. The van der Waals surface area contributed by atoms with Crippen LogP contribution >= 0.6 is 12.4 Å². The first-order valence-electron chi connectivity index (χ1n) is 7.85. The number of carbonyl (C=O) groups excluding carboxylic acids is 2. The number of halogens is 1. The summed E-state index contributed by atoms with van der Waals surface area (Å²) in [5.74, 6) is 0.564. The van der Waals surface area contributed by atoms with Crippen LogP contribution < -0.4 is 16.0 Å². The van der Waals surface area contributed by atoms with Crippen molar-refractivity contribution >= 4 is 29.9 Å². The van der Waals surface area contributed by atoms with Gasteiger partial charge in [-0.2, -0.15) is 0 Å². The van der Waals surface area contributed by atoms with E-state index in [1.807, 2.05) is 45.0 Å². The molecule has 128 valence electrons. The third-order valence-electron chi connectivity index (χ3n) is 4.15. The third-order valence-corrected chi connectivity index (χ3v) is 4.15. The lowest BCUT2D eigenvalue weighted by Crippen LogP contribution is -2.49. The SMILES string of the molecule is CC(C)C(=O)Nc1ccc(CNC(=O)C(C)C2CNC2)cc1.Cl. The van der Waals surface area contributed by atoms with Crippen LogP contribution in [0.25, 0.3) is 0 Å². The fourth-order valence-corrected chi connectivity index (χ4v) is 2.22. The molecule has 1 aliphatic heterocycles. The molecule has 1 heterocycles. The van der Waals surface area contributed by atoms with Crippen molar-refractivity contribution in [3.8, 4) is 0 Å². The van der Waals surface area contributed by atoms with Gasteiger partial charge < -0.3 is 16.0 Å². The highest BCUT2D eigenvalue weighted by Crippen LogP contribution is 2.16. The van der Waals surface area contributed by atoms with Crippen molar-refractivity contribution in [2.75, 3.05) is 18.4 Å². The topological polar surface area (TPSA) is 70.2 Å². The molecule has 1 unspecified atom stereocenters. The molecular formula is C17H26ClN3O2. The highest BCUT2D eigenvalue weighted by atomic mass is 35.5. The van der Waals surface area contributed by atoms with Crippen molar-refractivity contribution < 1.29 is 9.59 Å². The Hall–Kier alpha value is -1.59. The molecule has 0 spiro atoms. The van der Waals surface area contributed by atoms with E-state index in [0.29, 0.717) is 12.5 Å². The van der Waals surface area contributed by atoms with Gasteiger partial charge in [0.25, 0.3) is 0 Å². The molecule has 0 bridgehead atoms. The number of rotatable bonds is 6. The Morgan fingerprint density at radius 1 is 1.13 bits per heavy atom. The Labute approximate surface area is 144 Å². The Kier molecular flexibility index (Phi) is 7.52. The van der Waals surface area contributed by atoms with Crippen molar-refractivity contribution in [1.29, 1.82) is 0 Å². The summed E-state index contributed by atoms with van der Waals surface area (Å²) < 4.78 is 0. The fourth-order valence-electron chi connectivity index (χ4n) is 2.22. The molecule has 0 saturated carbocycles. The van der Waals surface area contributed by atoms with Gasteiger partial charge in [0, 0.05) is 24.1 Å². The molecule has 0 aliphatic carbocycles. The summed E-state index contributed by atoms with van der Waals surface area (Å²) in [5, 5.41) is 9.01. The first kappa shape index (κ1) is 19.5. The molecule has 1 fully saturated rings. The second-order valence-electron chi connectivity index (χ2n) is 6.27. The average Bonchev–Trinajstić information content (AvgIpc) is 2.44. The van der Waals surface area contributed by atoms with Crippen molar-refractivity contribution in [3.63, 3.8) is 0 Å². The maximum absolute atomic E-state index is 12.0. The molecular weight excluding hydrogens is 314 g/mol. The molecule has 1 aromatic rings. The predicted molar refractivity (Wildman–Crippen MR) is 94.5 cm³/mol. The minimum atomic E-state index is -0.0403. The van der Waals surface area contributed by atoms with Crippen LogP contribution in [0.2, 0.25) is 0 Å². The van der Waals surface area contributed by atoms with Gasteiger partial charge in [-0.25, -0.2) is 0 Å². The van der Waals surface area contributed by atoms with Gasteiger partial charge in [-0.05, 0) is 36.7 Å². The van der Waals surface area contributed by atoms with Crippen LogP contribution in [0.4, 0.5) is 5.69 Å². The minimum Gasteiger partial charge on any atom is -0.352 e. The summed E-state index contributed by atoms with van der Waals surface area (Å²) in [6.07, 6.45) is 0. The zero-order chi connectivity index (χ0) is 16.1. The maximum atomic E-state index is 12.0. The van der Waals surface area contributed by atoms with Crippen molar-refractivity contribution in [2.24, 2.45) is 17.8 Å². The van der Waals surface area contributed by atoms with Crippen LogP contribution in [0.1, 0.15) is 26.3 Å². The number of benzene rings is 1. The Bertz CT molecular complexity index is 527. The van der Waals surface area contributed by atoms with Crippen LogP contribution in [-0.4, -0.2) is 24.9 Å². The van der Waals surface area contributed by atoms with Gasteiger partial charge >= 0.3 is 0 Å². The molecule has 6 heteroatoms. The van der Waals surface area contributed by atoms with E-state index >= 15 is 0 Å². The van der Waals surface area contributed by atoms with Crippen molar-refractivity contribution in [3.05, 3.63) is 29.8 Å². The van der Waals surface area contributed by atoms with Gasteiger partial charge in [-0.3, -0.25) is 9.59 Å². The minimum absolute atomic E-state index is 0. The second kappa shape index (κ2) is 8.89. The Morgan fingerprint density at radius 3 is 2.22 bits per heavy atom. The van der Waals surface area contributed by atoms with Crippen LogP contribution in [0.5, 0.6) is 0 Å². The van der Waals surface area contributed by atoms with E-state index in [0.717, 1.165) is 24.3 Å². The van der Waals surface area contributed by atoms with Gasteiger partial charge in [0.15, 0.2) is 0 Å². The number of carbonyl (C=O) groups is 2. The summed E-state index contributed by atoms with van der Waals surface area (Å²) in [4.78, 5) is 23.7. The summed E-state index contributed by atoms with van der Waals surface area (Å²) in [5.41, 5.74) is 1.80. The molecule has 1 atom stereocenters. The van der Waals surface area contributed by atoms with Gasteiger partial charge in [0.2, 0.25) is 11.8 Å². The molecule has 1 aliphatic rings. The lowest BCUT2D eigenvalue weighted by atomic mass is 9.88. The van der Waals surface area contributed by atoms with Crippen molar-refractivity contribution in [1.82, 2.24) is 10.6 Å². The van der Waals surface area contributed by atoms with Crippen LogP contribution in [0.3, 0.4) is 0 Å². The monoisotopic (exact) mass is 339 g/mol. The smallest absolute Gasteiger partial charge is 0.226 e. The van der Waals surface area contributed by atoms with E-state index in [1.54, 1.807) is 0 Å². The number of nitrogens with one attached hydrogen (secondary N) is 3. The van der Waals surface area contributed by atoms with E-state index in [9.17, 15) is 9.59 Å². The lowest BCUT2D eigenvalue weighted by molar-refractivity contribution is -0.126. The molecule has 23 heavy (non-hydrogen) atoms. The predicted octanol–water partition coefficient (Wildman–Crippen LogP) is 2.17. The molecule has 3 N–H and O–H groups in total. The normalized spacial score (nSPS) is 15.3. The summed E-state index contributed by atoms with van der Waals surface area (Å²) >= 11 is 0. The molecule has 0 aromatic heterocycles. The number of amides is 2. The van der Waals surface area contributed by atoms with Gasteiger partial charge in [-0.15, -0.1) is 12.4 Å². The number of anilines is 1. The van der Waals surface area contributed by atoms with E-state index in [4.69, 9.17) is 0 Å². The Balaban J connectivity index is 0.00000264. The summed E-state index contributed by atoms with van der Waals surface area (Å²) in [6, 6.07) is 7.57. The van der Waals surface area contributed by atoms with Crippen LogP contribution in [-0.2, 0) is 16.1 Å². The van der Waals surface area contributed by atoms with Crippen LogP contribution in [0.15, 0.2) is 24.3 Å². The van der Waals surface area contributed by atoms with Crippen molar-refractivity contribution in [2.45, 2.75) is 27.3 Å². The van der Waals surface area contributed by atoms with E-state index < -0.39 is 0 Å².